The lowest BCUT2D eigenvalue weighted by molar-refractivity contribution is 0.176. The highest BCUT2D eigenvalue weighted by Crippen LogP contribution is 2.22. The average molecular weight is 335 g/mol. The summed E-state index contributed by atoms with van der Waals surface area (Å²) in [6.07, 6.45) is 6.18. The first-order chi connectivity index (χ1) is 12.3. The van der Waals surface area contributed by atoms with E-state index in [0.29, 0.717) is 0 Å². The zero-order valence-electron chi connectivity index (χ0n) is 14.7. The Kier molecular flexibility index (Phi) is 4.70. The number of hydrogen-bond donors (Lipinski definition) is 1. The van der Waals surface area contributed by atoms with E-state index in [9.17, 15) is 0 Å². The smallest absolute Gasteiger partial charge is 0.139 e. The van der Waals surface area contributed by atoms with E-state index in [2.05, 4.69) is 46.4 Å². The van der Waals surface area contributed by atoms with Crippen LogP contribution in [-0.2, 0) is 13.1 Å². The van der Waals surface area contributed by atoms with Gasteiger partial charge in [-0.2, -0.15) is 0 Å². The summed E-state index contributed by atoms with van der Waals surface area (Å²) >= 11 is 0. The third-order valence-corrected chi connectivity index (χ3v) is 5.01. The monoisotopic (exact) mass is 335 g/mol. The molecule has 1 unspecified atom stereocenters. The minimum Gasteiger partial charge on any atom is -0.464 e. The molecule has 1 aliphatic heterocycles. The van der Waals surface area contributed by atoms with Gasteiger partial charge in [0.2, 0.25) is 0 Å². The molecule has 0 bridgehead atoms. The van der Waals surface area contributed by atoms with Crippen LogP contribution in [0.3, 0.4) is 0 Å². The highest BCUT2D eigenvalue weighted by atomic mass is 16.3. The van der Waals surface area contributed by atoms with Gasteiger partial charge in [0.1, 0.15) is 11.4 Å². The number of furan rings is 1. The summed E-state index contributed by atoms with van der Waals surface area (Å²) in [7, 11) is 0. The molecule has 3 aromatic rings. The minimum absolute atomic E-state index is 0.762. The van der Waals surface area contributed by atoms with Crippen LogP contribution in [0.15, 0.2) is 53.3 Å². The Morgan fingerprint density at radius 1 is 1.16 bits per heavy atom. The van der Waals surface area contributed by atoms with E-state index in [0.717, 1.165) is 35.8 Å². The number of fused-ring (bicyclic) bond motifs is 1. The quantitative estimate of drug-likeness (QED) is 0.735. The Morgan fingerprint density at radius 3 is 2.84 bits per heavy atom. The molecule has 2 aromatic heterocycles. The fourth-order valence-corrected chi connectivity index (χ4v) is 3.67. The Hall–Kier alpha value is -2.33. The van der Waals surface area contributed by atoms with Crippen LogP contribution < -0.4 is 5.32 Å². The molecule has 0 amide bonds. The Balaban J connectivity index is 1.36. The normalized spacial score (nSPS) is 18.5. The van der Waals surface area contributed by atoms with Crippen molar-refractivity contribution in [2.45, 2.75) is 32.9 Å². The number of likely N-dealkylation sites (tertiary alicyclic amines) is 1. The summed E-state index contributed by atoms with van der Waals surface area (Å²) in [5, 5.41) is 4.44. The van der Waals surface area contributed by atoms with Crippen LogP contribution in [0.2, 0.25) is 0 Å². The second-order valence-electron chi connectivity index (χ2n) is 7.14. The molecule has 1 fully saturated rings. The van der Waals surface area contributed by atoms with Gasteiger partial charge in [-0.3, -0.25) is 4.90 Å². The molecule has 0 spiro atoms. The summed E-state index contributed by atoms with van der Waals surface area (Å²) in [4.78, 5) is 6.99. The van der Waals surface area contributed by atoms with Crippen molar-refractivity contribution in [2.24, 2.45) is 5.92 Å². The molecule has 1 N–H and O–H groups in total. The third-order valence-electron chi connectivity index (χ3n) is 5.01. The zero-order valence-corrected chi connectivity index (χ0v) is 14.7. The van der Waals surface area contributed by atoms with E-state index in [1.54, 1.807) is 12.5 Å². The van der Waals surface area contributed by atoms with Crippen molar-refractivity contribution in [1.29, 1.82) is 0 Å². The lowest BCUT2D eigenvalue weighted by Gasteiger charge is -2.30. The summed E-state index contributed by atoms with van der Waals surface area (Å²) < 4.78 is 5.42. The van der Waals surface area contributed by atoms with Gasteiger partial charge in [-0.05, 0) is 48.6 Å². The van der Waals surface area contributed by atoms with Crippen LogP contribution in [0.1, 0.15) is 30.9 Å². The number of rotatable bonds is 5. The molecule has 4 heteroatoms. The number of aromatic nitrogens is 1. The lowest BCUT2D eigenvalue weighted by atomic mass is 9.99. The molecule has 4 rings (SSSR count). The molecule has 4 nitrogen and oxygen atoms in total. The first-order valence-electron chi connectivity index (χ1n) is 9.14. The van der Waals surface area contributed by atoms with E-state index in [-0.39, 0.29) is 0 Å². The van der Waals surface area contributed by atoms with Crippen molar-refractivity contribution in [1.82, 2.24) is 9.88 Å². The molecule has 0 aliphatic carbocycles. The van der Waals surface area contributed by atoms with Crippen molar-refractivity contribution in [3.05, 3.63) is 60.0 Å². The van der Waals surface area contributed by atoms with Gasteiger partial charge in [-0.1, -0.05) is 31.2 Å². The van der Waals surface area contributed by atoms with Crippen molar-refractivity contribution in [2.75, 3.05) is 18.4 Å². The van der Waals surface area contributed by atoms with E-state index in [1.807, 2.05) is 12.1 Å². The van der Waals surface area contributed by atoms with E-state index < -0.39 is 0 Å². The molecule has 1 saturated heterocycles. The van der Waals surface area contributed by atoms with Gasteiger partial charge in [-0.15, -0.1) is 0 Å². The molecular formula is C21H25N3O. The number of benzene rings is 1. The van der Waals surface area contributed by atoms with Gasteiger partial charge in [0.15, 0.2) is 0 Å². The van der Waals surface area contributed by atoms with Gasteiger partial charge in [0.25, 0.3) is 0 Å². The molecule has 130 valence electrons. The molecular weight excluding hydrogens is 310 g/mol. The molecule has 1 atom stereocenters. The van der Waals surface area contributed by atoms with Crippen LogP contribution in [0, 0.1) is 5.92 Å². The summed E-state index contributed by atoms with van der Waals surface area (Å²) in [6, 6.07) is 12.8. The molecule has 25 heavy (non-hydrogen) atoms. The second kappa shape index (κ2) is 7.28. The Labute approximate surface area is 148 Å². The predicted octanol–water partition coefficient (Wildman–Crippen LogP) is 4.67. The number of pyridine rings is 1. The maximum atomic E-state index is 5.42. The average Bonchev–Trinajstić information content (AvgIpc) is 3.10. The lowest BCUT2D eigenvalue weighted by Crippen LogP contribution is -2.33. The summed E-state index contributed by atoms with van der Waals surface area (Å²) in [6.45, 7) is 6.64. The van der Waals surface area contributed by atoms with Gasteiger partial charge in [0.05, 0.1) is 11.6 Å². The van der Waals surface area contributed by atoms with Crippen LogP contribution in [0.4, 0.5) is 5.82 Å². The van der Waals surface area contributed by atoms with Gasteiger partial charge in [-0.25, -0.2) is 4.98 Å². The van der Waals surface area contributed by atoms with Crippen molar-refractivity contribution in [3.8, 4) is 0 Å². The highest BCUT2D eigenvalue weighted by molar-refractivity contribution is 5.87. The Bertz CT molecular complexity index is 825. The molecule has 3 heterocycles. The summed E-state index contributed by atoms with van der Waals surface area (Å²) in [5.41, 5.74) is 3.52. The first kappa shape index (κ1) is 16.2. The first-order valence-corrected chi connectivity index (χ1v) is 9.14. The van der Waals surface area contributed by atoms with Crippen molar-refractivity contribution < 1.29 is 4.42 Å². The number of nitrogens with one attached hydrogen (secondary N) is 1. The number of nitrogens with zero attached hydrogens (tertiary/aromatic N) is 2. The SMILES string of the molecule is CC1CCCN(Cc2ccc(CNc3nccc4occc34)cc2)C1. The maximum absolute atomic E-state index is 5.42. The highest BCUT2D eigenvalue weighted by Gasteiger charge is 2.16. The van der Waals surface area contributed by atoms with Crippen molar-refractivity contribution >= 4 is 16.8 Å². The molecule has 0 radical (unpaired) electrons. The number of hydrogen-bond acceptors (Lipinski definition) is 4. The van der Waals surface area contributed by atoms with Crippen LogP contribution in [0.5, 0.6) is 0 Å². The van der Waals surface area contributed by atoms with Gasteiger partial charge < -0.3 is 9.73 Å². The fourth-order valence-electron chi connectivity index (χ4n) is 3.67. The van der Waals surface area contributed by atoms with Crippen LogP contribution in [-0.4, -0.2) is 23.0 Å². The van der Waals surface area contributed by atoms with E-state index in [4.69, 9.17) is 4.42 Å². The maximum Gasteiger partial charge on any atom is 0.139 e. The fraction of sp³-hybridized carbons (Fsp3) is 0.381. The molecule has 1 aliphatic rings. The molecule has 0 saturated carbocycles. The van der Waals surface area contributed by atoms with Crippen LogP contribution in [0.25, 0.3) is 11.0 Å². The topological polar surface area (TPSA) is 41.3 Å². The number of piperidine rings is 1. The zero-order chi connectivity index (χ0) is 17.1. The Morgan fingerprint density at radius 2 is 2.00 bits per heavy atom. The standard InChI is InChI=1S/C21H25N3O/c1-16-3-2-11-24(14-16)15-18-6-4-17(5-7-18)13-23-21-19-9-12-25-20(19)8-10-22-21/h4-10,12,16H,2-3,11,13-15H2,1H3,(H,22,23). The van der Waals surface area contributed by atoms with Gasteiger partial charge in [0, 0.05) is 25.8 Å². The van der Waals surface area contributed by atoms with Crippen molar-refractivity contribution in [3.63, 3.8) is 0 Å². The largest absolute Gasteiger partial charge is 0.464 e. The second-order valence-corrected chi connectivity index (χ2v) is 7.14. The van der Waals surface area contributed by atoms with E-state index in [1.165, 1.54) is 37.1 Å². The predicted molar refractivity (Wildman–Crippen MR) is 101 cm³/mol. The van der Waals surface area contributed by atoms with E-state index >= 15 is 0 Å². The van der Waals surface area contributed by atoms with Crippen LogP contribution >= 0.6 is 0 Å². The number of anilines is 1. The molecule has 1 aromatic carbocycles. The minimum atomic E-state index is 0.762. The third kappa shape index (κ3) is 3.85. The summed E-state index contributed by atoms with van der Waals surface area (Å²) in [5.74, 6) is 1.70. The van der Waals surface area contributed by atoms with Gasteiger partial charge >= 0.3 is 0 Å².